The fourth-order valence-corrected chi connectivity index (χ4v) is 1.51. The molecule has 3 nitrogen and oxygen atoms in total. The molecule has 1 atom stereocenters. The van der Waals surface area contributed by atoms with Gasteiger partial charge in [-0.15, -0.1) is 0 Å². The number of Topliss-reactive ketones (excluding diaryl/α,β-unsaturated/α-hetero) is 1. The molecule has 0 spiro atoms. The van der Waals surface area contributed by atoms with E-state index in [2.05, 4.69) is 5.32 Å². The van der Waals surface area contributed by atoms with E-state index in [1.165, 1.54) is 6.92 Å². The number of carbonyl (C=O) groups is 2. The van der Waals surface area contributed by atoms with Crippen LogP contribution in [0.25, 0.3) is 0 Å². The highest BCUT2D eigenvalue weighted by molar-refractivity contribution is 6.00. The van der Waals surface area contributed by atoms with E-state index < -0.39 is 5.92 Å². The third-order valence-electron chi connectivity index (χ3n) is 2.33. The molecule has 3 heteroatoms. The SMILES string of the molecule is CC(=O)C1CCC(C)(C)NC1=O. The van der Waals surface area contributed by atoms with Crippen LogP contribution in [0.4, 0.5) is 0 Å². The number of hydrogen-bond acceptors (Lipinski definition) is 2. The van der Waals surface area contributed by atoms with E-state index in [0.29, 0.717) is 6.42 Å². The average molecular weight is 169 g/mol. The summed E-state index contributed by atoms with van der Waals surface area (Å²) in [6, 6.07) is 0. The number of amides is 1. The number of nitrogens with one attached hydrogen (secondary N) is 1. The Balaban J connectivity index is 2.66. The quantitative estimate of drug-likeness (QED) is 0.592. The van der Waals surface area contributed by atoms with Gasteiger partial charge in [0.25, 0.3) is 0 Å². The predicted octanol–water partition coefficient (Wildman–Crippen LogP) is 0.880. The van der Waals surface area contributed by atoms with Crippen molar-refractivity contribution in [2.24, 2.45) is 5.92 Å². The summed E-state index contributed by atoms with van der Waals surface area (Å²) < 4.78 is 0. The standard InChI is InChI=1S/C9H15NO2/c1-6(11)7-4-5-9(2,3)10-8(7)12/h7H,4-5H2,1-3H3,(H,10,12). The molecule has 0 aromatic carbocycles. The van der Waals surface area contributed by atoms with Gasteiger partial charge < -0.3 is 5.32 Å². The lowest BCUT2D eigenvalue weighted by Crippen LogP contribution is -2.52. The van der Waals surface area contributed by atoms with E-state index in [1.807, 2.05) is 13.8 Å². The molecule has 68 valence electrons. The van der Waals surface area contributed by atoms with Gasteiger partial charge in [0.2, 0.25) is 5.91 Å². The van der Waals surface area contributed by atoms with E-state index in [1.54, 1.807) is 0 Å². The largest absolute Gasteiger partial charge is 0.351 e. The molecule has 1 aliphatic heterocycles. The van der Waals surface area contributed by atoms with Crippen LogP contribution in [-0.2, 0) is 9.59 Å². The third kappa shape index (κ3) is 1.84. The molecule has 1 N–H and O–H groups in total. The first kappa shape index (κ1) is 9.23. The second kappa shape index (κ2) is 2.88. The van der Waals surface area contributed by atoms with Gasteiger partial charge in [0.1, 0.15) is 5.78 Å². The second-order valence-corrected chi connectivity index (χ2v) is 4.08. The fraction of sp³-hybridized carbons (Fsp3) is 0.778. The van der Waals surface area contributed by atoms with Gasteiger partial charge in [-0.3, -0.25) is 9.59 Å². The maximum absolute atomic E-state index is 11.3. The molecule has 0 bridgehead atoms. The predicted molar refractivity (Wildman–Crippen MR) is 45.6 cm³/mol. The van der Waals surface area contributed by atoms with Crippen molar-refractivity contribution in [1.82, 2.24) is 5.32 Å². The molecule has 0 radical (unpaired) electrons. The minimum absolute atomic E-state index is 0.0250. The Labute approximate surface area is 72.5 Å². The molecule has 1 aliphatic rings. The van der Waals surface area contributed by atoms with Crippen LogP contribution in [0, 0.1) is 5.92 Å². The summed E-state index contributed by atoms with van der Waals surface area (Å²) in [4.78, 5) is 22.3. The number of rotatable bonds is 1. The van der Waals surface area contributed by atoms with E-state index in [0.717, 1.165) is 6.42 Å². The summed E-state index contributed by atoms with van der Waals surface area (Å²) in [5.41, 5.74) is -0.136. The molecule has 1 unspecified atom stereocenters. The summed E-state index contributed by atoms with van der Waals surface area (Å²) in [6.45, 7) is 5.42. The van der Waals surface area contributed by atoms with Gasteiger partial charge in [-0.25, -0.2) is 0 Å². The van der Waals surface area contributed by atoms with Crippen molar-refractivity contribution in [3.8, 4) is 0 Å². The summed E-state index contributed by atoms with van der Waals surface area (Å²) in [7, 11) is 0. The molecule has 1 amide bonds. The first-order valence-electron chi connectivity index (χ1n) is 4.25. The van der Waals surface area contributed by atoms with Crippen LogP contribution in [0.3, 0.4) is 0 Å². The summed E-state index contributed by atoms with van der Waals surface area (Å²) in [5, 5.41) is 2.83. The lowest BCUT2D eigenvalue weighted by molar-refractivity contribution is -0.136. The highest BCUT2D eigenvalue weighted by Crippen LogP contribution is 2.23. The van der Waals surface area contributed by atoms with Gasteiger partial charge in [-0.1, -0.05) is 0 Å². The van der Waals surface area contributed by atoms with Crippen molar-refractivity contribution in [2.45, 2.75) is 39.2 Å². The monoisotopic (exact) mass is 169 g/mol. The van der Waals surface area contributed by atoms with E-state index in [-0.39, 0.29) is 17.2 Å². The van der Waals surface area contributed by atoms with Crippen LogP contribution in [0.1, 0.15) is 33.6 Å². The fourth-order valence-electron chi connectivity index (χ4n) is 1.51. The second-order valence-electron chi connectivity index (χ2n) is 4.08. The Morgan fingerprint density at radius 2 is 2.17 bits per heavy atom. The molecule has 1 rings (SSSR count). The van der Waals surface area contributed by atoms with Crippen LogP contribution < -0.4 is 5.32 Å². The molecule has 0 aliphatic carbocycles. The van der Waals surface area contributed by atoms with E-state index >= 15 is 0 Å². The number of piperidine rings is 1. The van der Waals surface area contributed by atoms with Crippen molar-refractivity contribution in [3.63, 3.8) is 0 Å². The molecule has 12 heavy (non-hydrogen) atoms. The van der Waals surface area contributed by atoms with Crippen molar-refractivity contribution in [1.29, 1.82) is 0 Å². The van der Waals surface area contributed by atoms with Crippen molar-refractivity contribution < 1.29 is 9.59 Å². The topological polar surface area (TPSA) is 46.2 Å². The van der Waals surface area contributed by atoms with Crippen LogP contribution in [0.2, 0.25) is 0 Å². The van der Waals surface area contributed by atoms with Gasteiger partial charge in [0.05, 0.1) is 5.92 Å². The molecule has 1 saturated heterocycles. The Bertz CT molecular complexity index is 221. The maximum Gasteiger partial charge on any atom is 0.230 e. The number of ketones is 1. The lowest BCUT2D eigenvalue weighted by atomic mass is 9.85. The Kier molecular flexibility index (Phi) is 2.22. The molecule has 0 saturated carbocycles. The molecule has 1 fully saturated rings. The highest BCUT2D eigenvalue weighted by Gasteiger charge is 2.34. The van der Waals surface area contributed by atoms with Crippen molar-refractivity contribution >= 4 is 11.7 Å². The zero-order chi connectivity index (χ0) is 9.35. The summed E-state index contributed by atoms with van der Waals surface area (Å²) in [5.74, 6) is -0.542. The molecule has 0 aromatic rings. The van der Waals surface area contributed by atoms with Gasteiger partial charge >= 0.3 is 0 Å². The lowest BCUT2D eigenvalue weighted by Gasteiger charge is -2.34. The van der Waals surface area contributed by atoms with Gasteiger partial charge in [-0.05, 0) is 33.6 Å². The molecular formula is C9H15NO2. The highest BCUT2D eigenvalue weighted by atomic mass is 16.2. The minimum atomic E-state index is -0.405. The number of carbonyl (C=O) groups excluding carboxylic acids is 2. The van der Waals surface area contributed by atoms with E-state index in [4.69, 9.17) is 0 Å². The Morgan fingerprint density at radius 1 is 1.58 bits per heavy atom. The van der Waals surface area contributed by atoms with Crippen LogP contribution >= 0.6 is 0 Å². The van der Waals surface area contributed by atoms with Gasteiger partial charge in [0.15, 0.2) is 0 Å². The molecule has 1 heterocycles. The Morgan fingerprint density at radius 3 is 2.58 bits per heavy atom. The number of hydrogen-bond donors (Lipinski definition) is 1. The third-order valence-corrected chi connectivity index (χ3v) is 2.33. The first-order valence-corrected chi connectivity index (χ1v) is 4.25. The summed E-state index contributed by atoms with van der Waals surface area (Å²) in [6.07, 6.45) is 1.57. The van der Waals surface area contributed by atoms with E-state index in [9.17, 15) is 9.59 Å². The first-order chi connectivity index (χ1) is 5.42. The van der Waals surface area contributed by atoms with Crippen molar-refractivity contribution in [2.75, 3.05) is 0 Å². The van der Waals surface area contributed by atoms with Crippen LogP contribution in [0.15, 0.2) is 0 Å². The molecular weight excluding hydrogens is 154 g/mol. The smallest absolute Gasteiger partial charge is 0.230 e. The van der Waals surface area contributed by atoms with Gasteiger partial charge in [0, 0.05) is 5.54 Å². The molecule has 0 aromatic heterocycles. The normalized spacial score (nSPS) is 27.9. The Hall–Kier alpha value is -0.860. The zero-order valence-electron chi connectivity index (χ0n) is 7.81. The minimum Gasteiger partial charge on any atom is -0.351 e. The van der Waals surface area contributed by atoms with Crippen LogP contribution in [0.5, 0.6) is 0 Å². The van der Waals surface area contributed by atoms with Crippen LogP contribution in [-0.4, -0.2) is 17.2 Å². The summed E-state index contributed by atoms with van der Waals surface area (Å²) >= 11 is 0. The van der Waals surface area contributed by atoms with Crippen molar-refractivity contribution in [3.05, 3.63) is 0 Å². The van der Waals surface area contributed by atoms with Gasteiger partial charge in [-0.2, -0.15) is 0 Å². The average Bonchev–Trinajstić information content (AvgIpc) is 1.83. The maximum atomic E-state index is 11.3. The zero-order valence-corrected chi connectivity index (χ0v) is 7.81.